The molecule has 14 heavy (non-hydrogen) atoms. The molecule has 0 aromatic heterocycles. The SMILES string of the molecule is CNC[C@H](O)c1cccc(O)c1O.Cl. The van der Waals surface area contributed by atoms with Crippen LogP contribution < -0.4 is 5.32 Å². The lowest BCUT2D eigenvalue weighted by Crippen LogP contribution is -2.16. The molecule has 1 rings (SSSR count). The van der Waals surface area contributed by atoms with Gasteiger partial charge in [-0.05, 0) is 13.1 Å². The first-order valence-corrected chi connectivity index (χ1v) is 4.00. The Hall–Kier alpha value is -0.970. The fraction of sp³-hybridized carbons (Fsp3) is 0.333. The van der Waals surface area contributed by atoms with E-state index in [1.807, 2.05) is 0 Å². The van der Waals surface area contributed by atoms with Gasteiger partial charge in [0, 0.05) is 12.1 Å². The van der Waals surface area contributed by atoms with Crippen LogP contribution >= 0.6 is 12.4 Å². The van der Waals surface area contributed by atoms with Gasteiger partial charge in [0.05, 0.1) is 6.10 Å². The third-order valence-corrected chi connectivity index (χ3v) is 1.80. The molecule has 1 aromatic rings. The van der Waals surface area contributed by atoms with Gasteiger partial charge in [0.1, 0.15) is 0 Å². The first-order valence-electron chi connectivity index (χ1n) is 4.00. The van der Waals surface area contributed by atoms with E-state index in [2.05, 4.69) is 5.32 Å². The maximum atomic E-state index is 9.49. The summed E-state index contributed by atoms with van der Waals surface area (Å²) in [7, 11) is 1.70. The third-order valence-electron chi connectivity index (χ3n) is 1.80. The summed E-state index contributed by atoms with van der Waals surface area (Å²) in [5, 5.41) is 30.8. The number of aliphatic hydroxyl groups excluding tert-OH is 1. The van der Waals surface area contributed by atoms with E-state index in [4.69, 9.17) is 5.11 Å². The highest BCUT2D eigenvalue weighted by atomic mass is 35.5. The zero-order chi connectivity index (χ0) is 9.84. The van der Waals surface area contributed by atoms with Gasteiger partial charge < -0.3 is 20.6 Å². The maximum Gasteiger partial charge on any atom is 0.163 e. The topological polar surface area (TPSA) is 72.7 Å². The first kappa shape index (κ1) is 13.0. The largest absolute Gasteiger partial charge is 0.504 e. The monoisotopic (exact) mass is 219 g/mol. The predicted octanol–water partition coefficient (Wildman–Crippen LogP) is 0.772. The van der Waals surface area contributed by atoms with Gasteiger partial charge in [-0.15, -0.1) is 12.4 Å². The Morgan fingerprint density at radius 2 is 2.00 bits per heavy atom. The van der Waals surface area contributed by atoms with Crippen LogP contribution in [0.5, 0.6) is 11.5 Å². The summed E-state index contributed by atoms with van der Waals surface area (Å²) in [5.41, 5.74) is 0.328. The predicted molar refractivity (Wildman–Crippen MR) is 55.9 cm³/mol. The van der Waals surface area contributed by atoms with Gasteiger partial charge in [-0.1, -0.05) is 12.1 Å². The summed E-state index contributed by atoms with van der Waals surface area (Å²) in [5.74, 6) is -0.474. The van der Waals surface area contributed by atoms with Crippen molar-refractivity contribution in [3.63, 3.8) is 0 Å². The molecule has 0 bridgehead atoms. The normalized spacial score (nSPS) is 11.9. The number of phenols is 2. The average Bonchev–Trinajstić information content (AvgIpc) is 2.10. The number of benzene rings is 1. The minimum atomic E-state index is -0.808. The molecule has 0 aliphatic carbocycles. The average molecular weight is 220 g/mol. The van der Waals surface area contributed by atoms with E-state index in [1.54, 1.807) is 19.2 Å². The molecule has 1 atom stereocenters. The lowest BCUT2D eigenvalue weighted by atomic mass is 10.1. The van der Waals surface area contributed by atoms with Crippen molar-refractivity contribution in [2.24, 2.45) is 0 Å². The van der Waals surface area contributed by atoms with E-state index in [9.17, 15) is 10.2 Å². The van der Waals surface area contributed by atoms with Crippen molar-refractivity contribution >= 4 is 12.4 Å². The Bertz CT molecular complexity index is 293. The summed E-state index contributed by atoms with van der Waals surface area (Å²) >= 11 is 0. The molecular weight excluding hydrogens is 206 g/mol. The minimum Gasteiger partial charge on any atom is -0.504 e. The van der Waals surface area contributed by atoms with Crippen molar-refractivity contribution in [3.8, 4) is 11.5 Å². The van der Waals surface area contributed by atoms with Gasteiger partial charge in [0.25, 0.3) is 0 Å². The number of aromatic hydroxyl groups is 2. The van der Waals surface area contributed by atoms with E-state index < -0.39 is 6.10 Å². The Labute approximate surface area is 88.6 Å². The van der Waals surface area contributed by atoms with E-state index in [0.717, 1.165) is 0 Å². The lowest BCUT2D eigenvalue weighted by Gasteiger charge is -2.12. The fourth-order valence-electron chi connectivity index (χ4n) is 1.12. The van der Waals surface area contributed by atoms with Crippen LogP contribution in [0.15, 0.2) is 18.2 Å². The van der Waals surface area contributed by atoms with E-state index in [0.29, 0.717) is 12.1 Å². The summed E-state index contributed by atoms with van der Waals surface area (Å²) in [6.45, 7) is 0.330. The minimum absolute atomic E-state index is 0. The molecule has 5 heteroatoms. The molecule has 0 heterocycles. The number of rotatable bonds is 3. The van der Waals surface area contributed by atoms with Crippen LogP contribution in [0.3, 0.4) is 0 Å². The Kier molecular flexibility index (Phi) is 5.30. The number of nitrogens with one attached hydrogen (secondary N) is 1. The highest BCUT2D eigenvalue weighted by Crippen LogP contribution is 2.31. The maximum absolute atomic E-state index is 9.49. The van der Waals surface area contributed by atoms with Crippen molar-refractivity contribution in [1.29, 1.82) is 0 Å². The van der Waals surface area contributed by atoms with Crippen LogP contribution in [-0.2, 0) is 0 Å². The highest BCUT2D eigenvalue weighted by molar-refractivity contribution is 5.85. The van der Waals surface area contributed by atoms with E-state index >= 15 is 0 Å². The second-order valence-corrected chi connectivity index (χ2v) is 2.79. The lowest BCUT2D eigenvalue weighted by molar-refractivity contribution is 0.173. The van der Waals surface area contributed by atoms with Crippen LogP contribution in [0.2, 0.25) is 0 Å². The first-order chi connectivity index (χ1) is 6.16. The van der Waals surface area contributed by atoms with Crippen molar-refractivity contribution in [2.75, 3.05) is 13.6 Å². The molecule has 4 N–H and O–H groups in total. The second kappa shape index (κ2) is 5.70. The van der Waals surface area contributed by atoms with Crippen LogP contribution in [0, 0.1) is 0 Å². The molecule has 0 saturated carbocycles. The number of phenolic OH excluding ortho intramolecular Hbond substituents is 2. The molecule has 0 radical (unpaired) electrons. The van der Waals surface area contributed by atoms with Crippen LogP contribution in [0.25, 0.3) is 0 Å². The molecule has 0 saturated heterocycles. The highest BCUT2D eigenvalue weighted by Gasteiger charge is 2.13. The van der Waals surface area contributed by atoms with Crippen molar-refractivity contribution in [2.45, 2.75) is 6.10 Å². The molecule has 0 unspecified atom stereocenters. The second-order valence-electron chi connectivity index (χ2n) is 2.79. The van der Waals surface area contributed by atoms with Gasteiger partial charge in [-0.2, -0.15) is 0 Å². The number of para-hydroxylation sites is 1. The molecule has 4 nitrogen and oxygen atoms in total. The molecule has 0 fully saturated rings. The molecule has 0 aliphatic rings. The standard InChI is InChI=1S/C9H13NO3.ClH/c1-10-5-8(12)6-3-2-4-7(11)9(6)13;/h2-4,8,10-13H,5H2,1H3;1H/t8-;/m0./s1. The number of likely N-dealkylation sites (N-methyl/N-ethyl adjacent to an activating group) is 1. The number of aliphatic hydroxyl groups is 1. The molecule has 80 valence electrons. The van der Waals surface area contributed by atoms with Gasteiger partial charge in [0.15, 0.2) is 11.5 Å². The van der Waals surface area contributed by atoms with Crippen molar-refractivity contribution in [3.05, 3.63) is 23.8 Å². The zero-order valence-electron chi connectivity index (χ0n) is 7.77. The smallest absolute Gasteiger partial charge is 0.163 e. The van der Waals surface area contributed by atoms with Crippen LogP contribution in [0.1, 0.15) is 11.7 Å². The van der Waals surface area contributed by atoms with Crippen molar-refractivity contribution in [1.82, 2.24) is 5.32 Å². The Balaban J connectivity index is 0.00000169. The van der Waals surface area contributed by atoms with Gasteiger partial charge in [-0.3, -0.25) is 0 Å². The van der Waals surface area contributed by atoms with Crippen LogP contribution in [-0.4, -0.2) is 28.9 Å². The summed E-state index contributed by atoms with van der Waals surface area (Å²) in [6.07, 6.45) is -0.808. The van der Waals surface area contributed by atoms with E-state index in [1.165, 1.54) is 6.07 Å². The van der Waals surface area contributed by atoms with Crippen molar-refractivity contribution < 1.29 is 15.3 Å². The third kappa shape index (κ3) is 2.77. The molecular formula is C9H14ClNO3. The number of hydrogen-bond donors (Lipinski definition) is 4. The van der Waals surface area contributed by atoms with E-state index in [-0.39, 0.29) is 23.9 Å². The molecule has 0 amide bonds. The van der Waals surface area contributed by atoms with Gasteiger partial charge in [-0.25, -0.2) is 0 Å². The fourth-order valence-corrected chi connectivity index (χ4v) is 1.12. The summed E-state index contributed by atoms with van der Waals surface area (Å²) in [6, 6.07) is 4.51. The number of halogens is 1. The summed E-state index contributed by atoms with van der Waals surface area (Å²) < 4.78 is 0. The van der Waals surface area contributed by atoms with Gasteiger partial charge in [0.2, 0.25) is 0 Å². The summed E-state index contributed by atoms with van der Waals surface area (Å²) in [4.78, 5) is 0. The van der Waals surface area contributed by atoms with Crippen LogP contribution in [0.4, 0.5) is 0 Å². The molecule has 0 aliphatic heterocycles. The Morgan fingerprint density at radius 3 is 2.57 bits per heavy atom. The quantitative estimate of drug-likeness (QED) is 0.567. The zero-order valence-corrected chi connectivity index (χ0v) is 8.58. The molecule has 0 spiro atoms. The Morgan fingerprint density at radius 1 is 1.36 bits per heavy atom. The number of hydrogen-bond acceptors (Lipinski definition) is 4. The van der Waals surface area contributed by atoms with Gasteiger partial charge >= 0.3 is 0 Å². The molecule has 1 aromatic carbocycles.